The van der Waals surface area contributed by atoms with Crippen LogP contribution < -0.4 is 4.74 Å². The first-order chi connectivity index (χ1) is 9.60. The number of aliphatic hydroxyl groups excluding tert-OH is 1. The van der Waals surface area contributed by atoms with E-state index >= 15 is 0 Å². The summed E-state index contributed by atoms with van der Waals surface area (Å²) in [5, 5.41) is 18.2. The van der Waals surface area contributed by atoms with Crippen LogP contribution in [0.4, 0.5) is 0 Å². The van der Waals surface area contributed by atoms with E-state index in [0.717, 1.165) is 15.6 Å². The number of hydrogen-bond acceptors (Lipinski definition) is 3. The fourth-order valence-corrected chi connectivity index (χ4v) is 2.50. The molecule has 1 N–H and O–H groups in total. The van der Waals surface area contributed by atoms with E-state index in [2.05, 4.69) is 22.0 Å². The summed E-state index contributed by atoms with van der Waals surface area (Å²) in [6.45, 7) is 1.72. The summed E-state index contributed by atoms with van der Waals surface area (Å²) >= 11 is 3.42. The third kappa shape index (κ3) is 3.60. The van der Waals surface area contributed by atoms with Crippen LogP contribution in [0.5, 0.6) is 11.5 Å². The lowest BCUT2D eigenvalue weighted by Gasteiger charge is -2.11. The van der Waals surface area contributed by atoms with Crippen molar-refractivity contribution in [1.82, 2.24) is 0 Å². The second-order valence-corrected chi connectivity index (χ2v) is 5.29. The first-order valence-corrected chi connectivity index (χ1v) is 7.00. The zero-order valence-corrected chi connectivity index (χ0v) is 12.6. The van der Waals surface area contributed by atoms with E-state index in [9.17, 15) is 5.11 Å². The Hall–Kier alpha value is -1.83. The predicted octanol–water partition coefficient (Wildman–Crippen LogP) is 4.36. The quantitative estimate of drug-likeness (QED) is 0.905. The summed E-state index contributed by atoms with van der Waals surface area (Å²) in [6, 6.07) is 15.0. The van der Waals surface area contributed by atoms with Crippen LogP contribution in [0.15, 0.2) is 46.9 Å². The fourth-order valence-electron chi connectivity index (χ4n) is 1.81. The molecule has 3 nitrogen and oxygen atoms in total. The first kappa shape index (κ1) is 14.6. The molecule has 0 unspecified atom stereocenters. The molecule has 2 aromatic carbocycles. The Kier molecular flexibility index (Phi) is 4.78. The van der Waals surface area contributed by atoms with Gasteiger partial charge in [0.05, 0.1) is 18.6 Å². The van der Waals surface area contributed by atoms with E-state index in [0.29, 0.717) is 17.9 Å². The molecule has 0 fully saturated rings. The van der Waals surface area contributed by atoms with Gasteiger partial charge in [0.15, 0.2) is 0 Å². The molecular formula is C16H14BrNO2. The largest absolute Gasteiger partial charge is 0.457 e. The van der Waals surface area contributed by atoms with Crippen LogP contribution in [0.3, 0.4) is 0 Å². The SMILES string of the molecule is C[C@@H](O)c1ccc(Oc2ccc(CC#N)cc2)cc1Br. The van der Waals surface area contributed by atoms with Gasteiger partial charge in [0.2, 0.25) is 0 Å². The van der Waals surface area contributed by atoms with Gasteiger partial charge in [-0.3, -0.25) is 0 Å². The van der Waals surface area contributed by atoms with E-state index in [1.807, 2.05) is 42.5 Å². The molecule has 0 saturated carbocycles. The molecule has 0 aliphatic carbocycles. The molecule has 0 radical (unpaired) electrons. The van der Waals surface area contributed by atoms with Gasteiger partial charge >= 0.3 is 0 Å². The molecule has 0 heterocycles. The van der Waals surface area contributed by atoms with Crippen molar-refractivity contribution in [3.05, 3.63) is 58.1 Å². The number of aliphatic hydroxyl groups is 1. The summed E-state index contributed by atoms with van der Waals surface area (Å²) in [7, 11) is 0. The van der Waals surface area contributed by atoms with Crippen molar-refractivity contribution in [1.29, 1.82) is 5.26 Å². The van der Waals surface area contributed by atoms with Crippen LogP contribution in [-0.2, 0) is 6.42 Å². The van der Waals surface area contributed by atoms with Crippen molar-refractivity contribution in [2.45, 2.75) is 19.4 Å². The molecular weight excluding hydrogens is 318 g/mol. The Balaban J connectivity index is 2.14. The molecule has 20 heavy (non-hydrogen) atoms. The van der Waals surface area contributed by atoms with Crippen molar-refractivity contribution in [3.63, 3.8) is 0 Å². The van der Waals surface area contributed by atoms with E-state index in [4.69, 9.17) is 10.00 Å². The number of ether oxygens (including phenoxy) is 1. The van der Waals surface area contributed by atoms with Gasteiger partial charge in [-0.05, 0) is 42.3 Å². The third-order valence-electron chi connectivity index (χ3n) is 2.86. The Morgan fingerprint density at radius 3 is 2.40 bits per heavy atom. The van der Waals surface area contributed by atoms with Crippen molar-refractivity contribution in [3.8, 4) is 17.6 Å². The average Bonchev–Trinajstić information content (AvgIpc) is 2.41. The minimum Gasteiger partial charge on any atom is -0.457 e. The summed E-state index contributed by atoms with van der Waals surface area (Å²) in [6.07, 6.45) is -0.127. The molecule has 0 aromatic heterocycles. The highest BCUT2D eigenvalue weighted by Gasteiger charge is 2.07. The van der Waals surface area contributed by atoms with Crippen LogP contribution in [0.25, 0.3) is 0 Å². The molecule has 2 aromatic rings. The number of nitrogens with zero attached hydrogens (tertiary/aromatic N) is 1. The monoisotopic (exact) mass is 331 g/mol. The summed E-state index contributed by atoms with van der Waals surface area (Å²) in [5.41, 5.74) is 1.78. The van der Waals surface area contributed by atoms with E-state index in [-0.39, 0.29) is 0 Å². The maximum absolute atomic E-state index is 9.57. The lowest BCUT2D eigenvalue weighted by Crippen LogP contribution is -1.93. The Morgan fingerprint density at radius 1 is 1.20 bits per heavy atom. The highest BCUT2D eigenvalue weighted by molar-refractivity contribution is 9.10. The normalized spacial score (nSPS) is 11.7. The smallest absolute Gasteiger partial charge is 0.128 e. The lowest BCUT2D eigenvalue weighted by molar-refractivity contribution is 0.198. The number of benzene rings is 2. The average molecular weight is 332 g/mol. The molecule has 4 heteroatoms. The van der Waals surface area contributed by atoms with Crippen LogP contribution in [0.2, 0.25) is 0 Å². The zero-order chi connectivity index (χ0) is 14.5. The third-order valence-corrected chi connectivity index (χ3v) is 3.55. The van der Waals surface area contributed by atoms with Crippen LogP contribution in [-0.4, -0.2) is 5.11 Å². The van der Waals surface area contributed by atoms with E-state index < -0.39 is 6.10 Å². The second kappa shape index (κ2) is 6.56. The van der Waals surface area contributed by atoms with Crippen molar-refractivity contribution < 1.29 is 9.84 Å². The van der Waals surface area contributed by atoms with Gasteiger partial charge in [-0.15, -0.1) is 0 Å². The Labute approximate surface area is 126 Å². The van der Waals surface area contributed by atoms with Crippen LogP contribution >= 0.6 is 15.9 Å². The highest BCUT2D eigenvalue weighted by atomic mass is 79.9. The lowest BCUT2D eigenvalue weighted by atomic mass is 10.1. The molecule has 0 aliphatic rings. The zero-order valence-electron chi connectivity index (χ0n) is 11.0. The van der Waals surface area contributed by atoms with Gasteiger partial charge in [-0.2, -0.15) is 5.26 Å². The van der Waals surface area contributed by atoms with Gasteiger partial charge in [0.25, 0.3) is 0 Å². The number of nitriles is 1. The summed E-state index contributed by atoms with van der Waals surface area (Å²) in [4.78, 5) is 0. The fraction of sp³-hybridized carbons (Fsp3) is 0.188. The van der Waals surface area contributed by atoms with Crippen molar-refractivity contribution >= 4 is 15.9 Å². The number of rotatable bonds is 4. The number of halogens is 1. The van der Waals surface area contributed by atoms with Crippen molar-refractivity contribution in [2.24, 2.45) is 0 Å². The van der Waals surface area contributed by atoms with Crippen LogP contribution in [0.1, 0.15) is 24.2 Å². The first-order valence-electron chi connectivity index (χ1n) is 6.21. The van der Waals surface area contributed by atoms with Gasteiger partial charge in [-0.25, -0.2) is 0 Å². The molecule has 0 bridgehead atoms. The number of hydrogen-bond donors (Lipinski definition) is 1. The van der Waals surface area contributed by atoms with Gasteiger partial charge in [0.1, 0.15) is 11.5 Å². The van der Waals surface area contributed by atoms with Gasteiger partial charge in [-0.1, -0.05) is 34.1 Å². The van der Waals surface area contributed by atoms with Crippen molar-refractivity contribution in [2.75, 3.05) is 0 Å². The molecule has 0 aliphatic heterocycles. The van der Waals surface area contributed by atoms with E-state index in [1.165, 1.54) is 0 Å². The molecule has 1 atom stereocenters. The predicted molar refractivity (Wildman–Crippen MR) is 80.6 cm³/mol. The maximum atomic E-state index is 9.57. The van der Waals surface area contributed by atoms with Gasteiger partial charge < -0.3 is 9.84 Å². The summed E-state index contributed by atoms with van der Waals surface area (Å²) in [5.74, 6) is 1.40. The minimum absolute atomic E-state index is 0.398. The minimum atomic E-state index is -0.524. The second-order valence-electron chi connectivity index (χ2n) is 4.44. The standard InChI is InChI=1S/C16H14BrNO2/c1-11(19)15-7-6-14(10-16(15)17)20-13-4-2-12(3-5-13)8-9-18/h2-7,10-11,19H,8H2,1H3/t11-/m1/s1. The topological polar surface area (TPSA) is 53.2 Å². The molecule has 102 valence electrons. The van der Waals surface area contributed by atoms with Crippen LogP contribution in [0, 0.1) is 11.3 Å². The summed E-state index contributed by atoms with van der Waals surface area (Å²) < 4.78 is 6.54. The Morgan fingerprint density at radius 2 is 1.85 bits per heavy atom. The van der Waals surface area contributed by atoms with E-state index in [1.54, 1.807) is 6.92 Å². The molecule has 0 saturated heterocycles. The maximum Gasteiger partial charge on any atom is 0.128 e. The molecule has 0 spiro atoms. The molecule has 0 amide bonds. The Bertz CT molecular complexity index is 630. The van der Waals surface area contributed by atoms with Gasteiger partial charge in [0, 0.05) is 4.47 Å². The molecule has 2 rings (SSSR count). The highest BCUT2D eigenvalue weighted by Crippen LogP contribution is 2.30.